The molecule has 0 aliphatic rings. The first kappa shape index (κ1) is 18.4. The molecule has 2 aromatic rings. The highest BCUT2D eigenvalue weighted by molar-refractivity contribution is 7.80. The molecule has 0 saturated carbocycles. The van der Waals surface area contributed by atoms with Gasteiger partial charge < -0.3 is 20.7 Å². The van der Waals surface area contributed by atoms with E-state index in [0.717, 1.165) is 11.4 Å². The number of anilines is 3. The molecular weight excluding hydrogens is 338 g/mol. The van der Waals surface area contributed by atoms with Crippen LogP contribution < -0.4 is 16.0 Å². The second kappa shape index (κ2) is 8.79. The van der Waals surface area contributed by atoms with E-state index in [1.165, 1.54) is 6.92 Å². The average molecular weight is 357 g/mol. The summed E-state index contributed by atoms with van der Waals surface area (Å²) >= 11 is 5.27. The quantitative estimate of drug-likeness (QED) is 0.560. The van der Waals surface area contributed by atoms with Gasteiger partial charge in [0.2, 0.25) is 5.91 Å². The van der Waals surface area contributed by atoms with Gasteiger partial charge in [-0.15, -0.1) is 0 Å². The van der Waals surface area contributed by atoms with Crippen LogP contribution in [0.1, 0.15) is 24.2 Å². The third kappa shape index (κ3) is 5.89. The Bertz CT molecular complexity index is 775. The van der Waals surface area contributed by atoms with Gasteiger partial charge in [0.1, 0.15) is 0 Å². The van der Waals surface area contributed by atoms with E-state index in [0.29, 0.717) is 23.0 Å². The highest BCUT2D eigenvalue weighted by Gasteiger charge is 2.06. The van der Waals surface area contributed by atoms with Crippen molar-refractivity contribution in [3.8, 4) is 0 Å². The molecule has 0 fully saturated rings. The number of ether oxygens (including phenoxy) is 1. The zero-order valence-corrected chi connectivity index (χ0v) is 14.8. The van der Waals surface area contributed by atoms with E-state index in [9.17, 15) is 9.59 Å². The third-order valence-electron chi connectivity index (χ3n) is 3.09. The van der Waals surface area contributed by atoms with E-state index in [2.05, 4.69) is 16.0 Å². The Kier molecular flexibility index (Phi) is 6.47. The molecule has 7 heteroatoms. The van der Waals surface area contributed by atoms with Crippen molar-refractivity contribution >= 4 is 46.3 Å². The van der Waals surface area contributed by atoms with E-state index in [-0.39, 0.29) is 11.9 Å². The predicted octanol–water partition coefficient (Wildman–Crippen LogP) is 3.63. The van der Waals surface area contributed by atoms with E-state index in [1.807, 2.05) is 12.1 Å². The summed E-state index contributed by atoms with van der Waals surface area (Å²) < 4.78 is 4.94. The topological polar surface area (TPSA) is 79.5 Å². The number of esters is 1. The maximum atomic E-state index is 11.6. The Morgan fingerprint density at radius 2 is 1.56 bits per heavy atom. The van der Waals surface area contributed by atoms with Crippen LogP contribution in [0.2, 0.25) is 0 Å². The molecule has 2 rings (SSSR count). The number of carbonyl (C=O) groups excluding carboxylic acids is 2. The molecule has 25 heavy (non-hydrogen) atoms. The number of amides is 1. The van der Waals surface area contributed by atoms with Crippen molar-refractivity contribution in [1.29, 1.82) is 0 Å². The van der Waals surface area contributed by atoms with Crippen molar-refractivity contribution in [3.63, 3.8) is 0 Å². The Hall–Kier alpha value is -2.93. The first-order chi connectivity index (χ1) is 12.0. The second-order valence-electron chi connectivity index (χ2n) is 5.14. The summed E-state index contributed by atoms with van der Waals surface area (Å²) in [4.78, 5) is 22.7. The molecule has 2 aromatic carbocycles. The summed E-state index contributed by atoms with van der Waals surface area (Å²) in [5, 5.41) is 9.17. The van der Waals surface area contributed by atoms with Crippen LogP contribution in [0.4, 0.5) is 17.1 Å². The first-order valence-corrected chi connectivity index (χ1v) is 8.11. The molecule has 1 amide bonds. The van der Waals surface area contributed by atoms with Gasteiger partial charge in [0, 0.05) is 24.0 Å². The molecule has 3 N–H and O–H groups in total. The van der Waals surface area contributed by atoms with Gasteiger partial charge in [-0.25, -0.2) is 4.79 Å². The molecule has 130 valence electrons. The first-order valence-electron chi connectivity index (χ1n) is 7.71. The zero-order valence-electron chi connectivity index (χ0n) is 14.0. The summed E-state index contributed by atoms with van der Waals surface area (Å²) in [6.45, 7) is 3.55. The van der Waals surface area contributed by atoms with Crippen LogP contribution in [0, 0.1) is 0 Å². The van der Waals surface area contributed by atoms with Gasteiger partial charge in [0.05, 0.1) is 12.2 Å². The number of rotatable bonds is 5. The lowest BCUT2D eigenvalue weighted by molar-refractivity contribution is -0.114. The smallest absolute Gasteiger partial charge is 0.338 e. The van der Waals surface area contributed by atoms with Crippen LogP contribution in [0.15, 0.2) is 48.5 Å². The molecule has 0 bridgehead atoms. The van der Waals surface area contributed by atoms with Crippen molar-refractivity contribution in [2.45, 2.75) is 13.8 Å². The molecule has 0 saturated heterocycles. The van der Waals surface area contributed by atoms with Gasteiger partial charge in [-0.05, 0) is 61.6 Å². The standard InChI is InChI=1S/C18H19N3O3S/c1-3-24-17(23)13-7-9-14(10-8-13)20-18(25)21-16-6-4-5-15(11-16)19-12(2)22/h4-11H,3H2,1-2H3,(H,19,22)(H2,20,21,25). The normalized spacial score (nSPS) is 9.84. The summed E-state index contributed by atoms with van der Waals surface area (Å²) in [5.41, 5.74) is 2.64. The van der Waals surface area contributed by atoms with Crippen LogP contribution >= 0.6 is 12.2 Å². The molecule has 0 aromatic heterocycles. The number of benzene rings is 2. The number of carbonyl (C=O) groups is 2. The van der Waals surface area contributed by atoms with E-state index in [4.69, 9.17) is 17.0 Å². The largest absolute Gasteiger partial charge is 0.462 e. The van der Waals surface area contributed by atoms with E-state index in [1.54, 1.807) is 43.3 Å². The predicted molar refractivity (Wildman–Crippen MR) is 103 cm³/mol. The monoisotopic (exact) mass is 357 g/mol. The minimum Gasteiger partial charge on any atom is -0.462 e. The lowest BCUT2D eigenvalue weighted by atomic mass is 10.2. The van der Waals surface area contributed by atoms with Crippen molar-refractivity contribution in [1.82, 2.24) is 0 Å². The molecule has 0 unspecified atom stereocenters. The molecule has 6 nitrogen and oxygen atoms in total. The summed E-state index contributed by atoms with van der Waals surface area (Å²) in [6.07, 6.45) is 0. The van der Waals surface area contributed by atoms with E-state index >= 15 is 0 Å². The maximum Gasteiger partial charge on any atom is 0.338 e. The SMILES string of the molecule is CCOC(=O)c1ccc(NC(=S)Nc2cccc(NC(C)=O)c2)cc1. The van der Waals surface area contributed by atoms with Crippen molar-refractivity contribution < 1.29 is 14.3 Å². The summed E-state index contributed by atoms with van der Waals surface area (Å²) in [6, 6.07) is 14.0. The number of thiocarbonyl (C=S) groups is 1. The Morgan fingerprint density at radius 3 is 2.16 bits per heavy atom. The minimum absolute atomic E-state index is 0.139. The molecule has 0 heterocycles. The van der Waals surface area contributed by atoms with Gasteiger partial charge in [0.25, 0.3) is 0 Å². The lowest BCUT2D eigenvalue weighted by Gasteiger charge is -2.12. The van der Waals surface area contributed by atoms with Crippen molar-refractivity contribution in [2.75, 3.05) is 22.6 Å². The third-order valence-corrected chi connectivity index (χ3v) is 3.30. The van der Waals surface area contributed by atoms with Crippen LogP contribution in [0.25, 0.3) is 0 Å². The highest BCUT2D eigenvalue weighted by atomic mass is 32.1. The van der Waals surface area contributed by atoms with Gasteiger partial charge in [-0.1, -0.05) is 6.07 Å². The fourth-order valence-corrected chi connectivity index (χ4v) is 2.31. The lowest BCUT2D eigenvalue weighted by Crippen LogP contribution is -2.19. The van der Waals surface area contributed by atoms with Gasteiger partial charge >= 0.3 is 5.97 Å². The molecule has 0 atom stereocenters. The summed E-state index contributed by atoms with van der Waals surface area (Å²) in [5.74, 6) is -0.496. The Morgan fingerprint density at radius 1 is 0.960 bits per heavy atom. The van der Waals surface area contributed by atoms with Crippen LogP contribution in [0.5, 0.6) is 0 Å². The zero-order chi connectivity index (χ0) is 18.2. The molecule has 0 aliphatic heterocycles. The minimum atomic E-state index is -0.357. The van der Waals surface area contributed by atoms with Crippen LogP contribution in [-0.2, 0) is 9.53 Å². The molecular formula is C18H19N3O3S. The second-order valence-corrected chi connectivity index (χ2v) is 5.55. The average Bonchev–Trinajstić information content (AvgIpc) is 2.55. The number of hydrogen-bond acceptors (Lipinski definition) is 4. The fraction of sp³-hybridized carbons (Fsp3) is 0.167. The maximum absolute atomic E-state index is 11.6. The van der Waals surface area contributed by atoms with E-state index < -0.39 is 0 Å². The van der Waals surface area contributed by atoms with Gasteiger partial charge in [0.15, 0.2) is 5.11 Å². The Labute approximate surface area is 151 Å². The molecule has 0 radical (unpaired) electrons. The summed E-state index contributed by atoms with van der Waals surface area (Å²) in [7, 11) is 0. The van der Waals surface area contributed by atoms with Gasteiger partial charge in [-0.2, -0.15) is 0 Å². The highest BCUT2D eigenvalue weighted by Crippen LogP contribution is 2.16. The Balaban J connectivity index is 1.96. The molecule has 0 spiro atoms. The van der Waals surface area contributed by atoms with Crippen molar-refractivity contribution in [3.05, 3.63) is 54.1 Å². The van der Waals surface area contributed by atoms with Gasteiger partial charge in [-0.3, -0.25) is 4.79 Å². The van der Waals surface area contributed by atoms with Crippen LogP contribution in [0.3, 0.4) is 0 Å². The molecule has 0 aliphatic carbocycles. The number of nitrogens with one attached hydrogen (secondary N) is 3. The fourth-order valence-electron chi connectivity index (χ4n) is 2.08. The van der Waals surface area contributed by atoms with Crippen molar-refractivity contribution in [2.24, 2.45) is 0 Å². The van der Waals surface area contributed by atoms with Crippen LogP contribution in [-0.4, -0.2) is 23.6 Å². The number of hydrogen-bond donors (Lipinski definition) is 3.